The summed E-state index contributed by atoms with van der Waals surface area (Å²) >= 11 is 0. The Bertz CT molecular complexity index is 644. The minimum atomic E-state index is -1.67. The fourth-order valence-corrected chi connectivity index (χ4v) is 1.52. The van der Waals surface area contributed by atoms with Gasteiger partial charge in [-0.3, -0.25) is 9.78 Å². The number of nitrogens with one attached hydrogen (secondary N) is 1. The molecular formula is C13H9F3N2O. The summed E-state index contributed by atoms with van der Waals surface area (Å²) in [6, 6.07) is 4.65. The third-order valence-electron chi connectivity index (χ3n) is 2.43. The molecule has 1 N–H and O–H groups in total. The number of rotatable bonds is 2. The number of pyridine rings is 1. The van der Waals surface area contributed by atoms with E-state index in [2.05, 4.69) is 10.3 Å². The number of benzene rings is 1. The highest BCUT2D eigenvalue weighted by atomic mass is 19.2. The van der Waals surface area contributed by atoms with Gasteiger partial charge in [-0.15, -0.1) is 0 Å². The molecule has 0 aliphatic heterocycles. The van der Waals surface area contributed by atoms with Crippen LogP contribution in [0.25, 0.3) is 0 Å². The lowest BCUT2D eigenvalue weighted by atomic mass is 10.2. The Morgan fingerprint density at radius 3 is 2.58 bits per heavy atom. The van der Waals surface area contributed by atoms with Gasteiger partial charge in [0.2, 0.25) is 0 Å². The number of halogens is 3. The summed E-state index contributed by atoms with van der Waals surface area (Å²) in [6.07, 6.45) is 1.46. The largest absolute Gasteiger partial charge is 0.322 e. The maximum absolute atomic E-state index is 13.4. The van der Waals surface area contributed by atoms with Gasteiger partial charge in [0.05, 0.1) is 5.56 Å². The minimum Gasteiger partial charge on any atom is -0.322 e. The first-order valence-corrected chi connectivity index (χ1v) is 5.36. The number of anilines is 1. The lowest BCUT2D eigenvalue weighted by Crippen LogP contribution is -2.15. The Hall–Kier alpha value is -2.37. The molecule has 0 saturated carbocycles. The predicted molar refractivity (Wildman–Crippen MR) is 63.2 cm³/mol. The van der Waals surface area contributed by atoms with Crippen molar-refractivity contribution in [2.75, 3.05) is 5.32 Å². The van der Waals surface area contributed by atoms with Gasteiger partial charge in [-0.25, -0.2) is 13.2 Å². The minimum absolute atomic E-state index is 0.390. The fraction of sp³-hybridized carbons (Fsp3) is 0.0769. The van der Waals surface area contributed by atoms with Crippen LogP contribution < -0.4 is 5.32 Å². The molecule has 0 unspecified atom stereocenters. The normalized spacial score (nSPS) is 10.3. The van der Waals surface area contributed by atoms with Gasteiger partial charge < -0.3 is 5.32 Å². The molecule has 0 aliphatic carbocycles. The smallest absolute Gasteiger partial charge is 0.258 e. The van der Waals surface area contributed by atoms with E-state index in [1.807, 2.05) is 0 Å². The zero-order valence-corrected chi connectivity index (χ0v) is 9.88. The summed E-state index contributed by atoms with van der Waals surface area (Å²) in [7, 11) is 0. The van der Waals surface area contributed by atoms with Crippen molar-refractivity contribution in [3.63, 3.8) is 0 Å². The van der Waals surface area contributed by atoms with Gasteiger partial charge in [0.15, 0.2) is 17.5 Å². The van der Waals surface area contributed by atoms with Crippen molar-refractivity contribution in [1.29, 1.82) is 0 Å². The van der Waals surface area contributed by atoms with Crippen LogP contribution in [0.15, 0.2) is 30.5 Å². The third-order valence-corrected chi connectivity index (χ3v) is 2.43. The van der Waals surface area contributed by atoms with Crippen LogP contribution in [0, 0.1) is 24.4 Å². The van der Waals surface area contributed by atoms with Crippen molar-refractivity contribution in [2.45, 2.75) is 6.92 Å². The molecule has 3 nitrogen and oxygen atoms in total. The molecule has 0 saturated heterocycles. The highest BCUT2D eigenvalue weighted by Gasteiger charge is 2.18. The summed E-state index contributed by atoms with van der Waals surface area (Å²) in [5, 5.41) is 2.38. The number of aromatic nitrogens is 1. The van der Waals surface area contributed by atoms with E-state index < -0.39 is 28.9 Å². The lowest BCUT2D eigenvalue weighted by molar-refractivity contribution is 0.102. The Balaban J connectivity index is 2.28. The van der Waals surface area contributed by atoms with Crippen LogP contribution in [0.2, 0.25) is 0 Å². The van der Waals surface area contributed by atoms with Crippen LogP contribution in [-0.4, -0.2) is 10.9 Å². The molecule has 0 fully saturated rings. The van der Waals surface area contributed by atoms with Gasteiger partial charge in [-0.1, -0.05) is 0 Å². The summed E-state index contributed by atoms with van der Waals surface area (Å²) in [4.78, 5) is 15.7. The number of carbonyl (C=O) groups excluding carboxylic acids is 1. The van der Waals surface area contributed by atoms with E-state index in [4.69, 9.17) is 0 Å². The van der Waals surface area contributed by atoms with Crippen LogP contribution in [0.3, 0.4) is 0 Å². The Labute approximate surface area is 107 Å². The van der Waals surface area contributed by atoms with Gasteiger partial charge in [-0.2, -0.15) is 0 Å². The van der Waals surface area contributed by atoms with E-state index in [0.29, 0.717) is 17.4 Å². The average Bonchev–Trinajstić information content (AvgIpc) is 2.36. The van der Waals surface area contributed by atoms with Crippen molar-refractivity contribution in [2.24, 2.45) is 0 Å². The zero-order chi connectivity index (χ0) is 14.0. The maximum Gasteiger partial charge on any atom is 0.258 e. The first kappa shape index (κ1) is 13.1. The highest BCUT2D eigenvalue weighted by molar-refractivity contribution is 6.04. The molecule has 98 valence electrons. The van der Waals surface area contributed by atoms with Crippen molar-refractivity contribution in [3.8, 4) is 0 Å². The maximum atomic E-state index is 13.4. The van der Waals surface area contributed by atoms with Gasteiger partial charge in [0.25, 0.3) is 5.91 Å². The number of hydrogen-bond donors (Lipinski definition) is 1. The number of hydrogen-bond acceptors (Lipinski definition) is 2. The van der Waals surface area contributed by atoms with Crippen molar-refractivity contribution in [3.05, 3.63) is 59.2 Å². The summed E-state index contributed by atoms with van der Waals surface area (Å²) < 4.78 is 39.2. The van der Waals surface area contributed by atoms with E-state index in [0.717, 1.165) is 6.07 Å². The van der Waals surface area contributed by atoms with E-state index in [1.54, 1.807) is 13.0 Å². The van der Waals surface area contributed by atoms with Gasteiger partial charge in [0, 0.05) is 17.6 Å². The van der Waals surface area contributed by atoms with Crippen LogP contribution in [0.4, 0.5) is 18.9 Å². The first-order valence-electron chi connectivity index (χ1n) is 5.36. The fourth-order valence-electron chi connectivity index (χ4n) is 1.52. The van der Waals surface area contributed by atoms with Crippen molar-refractivity contribution >= 4 is 11.6 Å². The van der Waals surface area contributed by atoms with E-state index >= 15 is 0 Å². The standard InChI is InChI=1S/C13H9F3N2O/c1-7-6-8(4-5-17-7)18-13(19)9-2-3-10(14)12(16)11(9)15/h2-6H,1H3,(H,17,18,19). The molecule has 6 heteroatoms. The molecule has 19 heavy (non-hydrogen) atoms. The van der Waals surface area contributed by atoms with Crippen LogP contribution in [0.1, 0.15) is 16.1 Å². The highest BCUT2D eigenvalue weighted by Crippen LogP contribution is 2.17. The second-order valence-electron chi connectivity index (χ2n) is 3.86. The predicted octanol–water partition coefficient (Wildman–Crippen LogP) is 3.06. The van der Waals surface area contributed by atoms with Crippen LogP contribution in [0.5, 0.6) is 0 Å². The van der Waals surface area contributed by atoms with Crippen LogP contribution in [-0.2, 0) is 0 Å². The third kappa shape index (κ3) is 2.73. The molecular weight excluding hydrogens is 257 g/mol. The topological polar surface area (TPSA) is 42.0 Å². The SMILES string of the molecule is Cc1cc(NC(=O)c2ccc(F)c(F)c2F)ccn1. The molecule has 0 bridgehead atoms. The molecule has 0 aliphatic rings. The Kier molecular flexibility index (Phi) is 3.50. The second-order valence-corrected chi connectivity index (χ2v) is 3.86. The van der Waals surface area contributed by atoms with E-state index in [1.165, 1.54) is 12.3 Å². The Morgan fingerprint density at radius 2 is 1.89 bits per heavy atom. The number of carbonyl (C=O) groups is 1. The van der Waals surface area contributed by atoms with Gasteiger partial charge >= 0.3 is 0 Å². The number of amides is 1. The van der Waals surface area contributed by atoms with Crippen molar-refractivity contribution in [1.82, 2.24) is 4.98 Å². The Morgan fingerprint density at radius 1 is 1.16 bits per heavy atom. The summed E-state index contributed by atoms with van der Waals surface area (Å²) in [5.74, 6) is -5.38. The van der Waals surface area contributed by atoms with Crippen LogP contribution >= 0.6 is 0 Å². The summed E-state index contributed by atoms with van der Waals surface area (Å²) in [6.45, 7) is 1.72. The van der Waals surface area contributed by atoms with E-state index in [-0.39, 0.29) is 0 Å². The zero-order valence-electron chi connectivity index (χ0n) is 9.88. The molecule has 1 amide bonds. The average molecular weight is 266 g/mol. The monoisotopic (exact) mass is 266 g/mol. The molecule has 1 aromatic heterocycles. The quantitative estimate of drug-likeness (QED) is 0.849. The number of nitrogens with zero attached hydrogens (tertiary/aromatic N) is 1. The molecule has 0 radical (unpaired) electrons. The lowest BCUT2D eigenvalue weighted by Gasteiger charge is -2.07. The van der Waals surface area contributed by atoms with Gasteiger partial charge in [-0.05, 0) is 31.2 Å². The molecule has 2 rings (SSSR count). The van der Waals surface area contributed by atoms with Gasteiger partial charge in [0.1, 0.15) is 0 Å². The number of aryl methyl sites for hydroxylation is 1. The van der Waals surface area contributed by atoms with Crippen molar-refractivity contribution < 1.29 is 18.0 Å². The molecule has 1 heterocycles. The molecule has 2 aromatic rings. The summed E-state index contributed by atoms with van der Waals surface area (Å²) in [5.41, 5.74) is 0.485. The first-order chi connectivity index (χ1) is 8.99. The molecule has 0 spiro atoms. The molecule has 0 atom stereocenters. The molecule has 1 aromatic carbocycles. The van der Waals surface area contributed by atoms with E-state index in [9.17, 15) is 18.0 Å². The second kappa shape index (κ2) is 5.09.